The number of ether oxygens (including phenoxy) is 2. The molecule has 0 spiro atoms. The van der Waals surface area contributed by atoms with E-state index in [-0.39, 0.29) is 41.1 Å². The van der Waals surface area contributed by atoms with Crippen LogP contribution in [0.25, 0.3) is 0 Å². The van der Waals surface area contributed by atoms with Crippen molar-refractivity contribution in [2.45, 2.75) is 25.3 Å². The summed E-state index contributed by atoms with van der Waals surface area (Å²) in [6, 6.07) is 8.54. The van der Waals surface area contributed by atoms with E-state index in [0.717, 1.165) is 17.7 Å². The highest BCUT2D eigenvalue weighted by Gasteiger charge is 2.41. The molecule has 0 radical (unpaired) electrons. The van der Waals surface area contributed by atoms with Crippen LogP contribution in [-0.4, -0.2) is 17.5 Å². The number of allylic oxidation sites excluding steroid dienone is 2. The lowest BCUT2D eigenvalue weighted by molar-refractivity contribution is -0.385. The lowest BCUT2D eigenvalue weighted by Gasteiger charge is -2.37. The molecule has 5 rings (SSSR count). The number of hydrogen-bond donors (Lipinski definition) is 1. The minimum Gasteiger partial charge on any atom is -0.454 e. The number of carbonyl (C=O) groups excluding carboxylic acids is 1. The molecule has 0 fully saturated rings. The van der Waals surface area contributed by atoms with Gasteiger partial charge < -0.3 is 14.8 Å². The van der Waals surface area contributed by atoms with Gasteiger partial charge in [-0.15, -0.1) is 0 Å². The van der Waals surface area contributed by atoms with Gasteiger partial charge in [0.25, 0.3) is 5.69 Å². The van der Waals surface area contributed by atoms with Crippen LogP contribution in [0.2, 0.25) is 0 Å². The summed E-state index contributed by atoms with van der Waals surface area (Å²) in [6.07, 6.45) is 5.05. The van der Waals surface area contributed by atoms with E-state index in [9.17, 15) is 14.9 Å². The number of fused-ring (bicyclic) bond motifs is 4. The molecule has 0 saturated heterocycles. The SMILES string of the molecule is CC(=O)c1ccc2c(c1)[C@@H]1C=CC[C@@H]1[C@H](c1cc3c(cc1[N+](=O)[O-])OCO3)N2. The van der Waals surface area contributed by atoms with E-state index in [4.69, 9.17) is 9.47 Å². The van der Waals surface area contributed by atoms with Crippen molar-refractivity contribution >= 4 is 17.2 Å². The van der Waals surface area contributed by atoms with Crippen LogP contribution >= 0.6 is 0 Å². The quantitative estimate of drug-likeness (QED) is 0.369. The Morgan fingerprint density at radius 3 is 2.71 bits per heavy atom. The standard InChI is InChI=1S/C21H18N2O5/c1-11(24)12-5-6-17-15(7-12)13-3-2-4-14(13)21(22-17)16-8-19-20(28-10-27-19)9-18(16)23(25)26/h2-3,5-9,13-14,21-22H,4,10H2,1H3/t13-,14+,21-/m1/s1. The topological polar surface area (TPSA) is 90.7 Å². The van der Waals surface area contributed by atoms with E-state index in [0.29, 0.717) is 22.6 Å². The second-order valence-electron chi connectivity index (χ2n) is 7.36. The molecule has 3 aliphatic rings. The van der Waals surface area contributed by atoms with E-state index in [1.54, 1.807) is 19.1 Å². The minimum atomic E-state index is -0.370. The van der Waals surface area contributed by atoms with Crippen molar-refractivity contribution in [2.24, 2.45) is 5.92 Å². The summed E-state index contributed by atoms with van der Waals surface area (Å²) in [7, 11) is 0. The van der Waals surface area contributed by atoms with Crippen LogP contribution < -0.4 is 14.8 Å². The summed E-state index contributed by atoms with van der Waals surface area (Å²) in [4.78, 5) is 23.2. The van der Waals surface area contributed by atoms with Gasteiger partial charge in [-0.3, -0.25) is 14.9 Å². The fourth-order valence-corrected chi connectivity index (χ4v) is 4.48. The van der Waals surface area contributed by atoms with Crippen LogP contribution in [0, 0.1) is 16.0 Å². The number of nitro benzene ring substituents is 1. The van der Waals surface area contributed by atoms with Gasteiger partial charge in [0, 0.05) is 17.2 Å². The number of hydrogen-bond acceptors (Lipinski definition) is 6. The number of benzene rings is 2. The molecular weight excluding hydrogens is 360 g/mol. The molecule has 0 unspecified atom stereocenters. The second-order valence-corrected chi connectivity index (χ2v) is 7.36. The molecule has 2 aromatic rings. The van der Waals surface area contributed by atoms with E-state index < -0.39 is 0 Å². The molecule has 2 heterocycles. The van der Waals surface area contributed by atoms with Gasteiger partial charge in [0.05, 0.1) is 22.6 Å². The maximum absolute atomic E-state index is 11.8. The Morgan fingerprint density at radius 2 is 1.96 bits per heavy atom. The first-order valence-corrected chi connectivity index (χ1v) is 9.19. The molecular formula is C21H18N2O5. The monoisotopic (exact) mass is 378 g/mol. The predicted octanol–water partition coefficient (Wildman–Crippen LogP) is 4.35. The highest BCUT2D eigenvalue weighted by molar-refractivity contribution is 5.95. The third-order valence-electron chi connectivity index (χ3n) is 5.82. The highest BCUT2D eigenvalue weighted by atomic mass is 16.7. The number of nitrogens with one attached hydrogen (secondary N) is 1. The molecule has 1 aliphatic carbocycles. The Balaban J connectivity index is 1.63. The van der Waals surface area contributed by atoms with Gasteiger partial charge in [-0.1, -0.05) is 12.2 Å². The van der Waals surface area contributed by atoms with Gasteiger partial charge in [0.15, 0.2) is 17.3 Å². The fraction of sp³-hybridized carbons (Fsp3) is 0.286. The summed E-state index contributed by atoms with van der Waals surface area (Å²) >= 11 is 0. The molecule has 0 bridgehead atoms. The summed E-state index contributed by atoms with van der Waals surface area (Å²) < 4.78 is 10.8. The van der Waals surface area contributed by atoms with Crippen molar-refractivity contribution in [3.8, 4) is 11.5 Å². The Bertz CT molecular complexity index is 1050. The van der Waals surface area contributed by atoms with Crippen molar-refractivity contribution in [2.75, 3.05) is 12.1 Å². The lowest BCUT2D eigenvalue weighted by atomic mass is 9.76. The number of Topliss-reactive ketones (excluding diaryl/α,β-unsaturated/α-hetero) is 1. The van der Waals surface area contributed by atoms with E-state index in [1.165, 1.54) is 6.07 Å². The number of ketones is 1. The molecule has 28 heavy (non-hydrogen) atoms. The van der Waals surface area contributed by atoms with Gasteiger partial charge in [0.1, 0.15) is 0 Å². The van der Waals surface area contributed by atoms with E-state index >= 15 is 0 Å². The average Bonchev–Trinajstić information content (AvgIpc) is 3.34. The summed E-state index contributed by atoms with van der Waals surface area (Å²) in [5.41, 5.74) is 3.25. The molecule has 7 heteroatoms. The smallest absolute Gasteiger partial charge is 0.278 e. The Hall–Kier alpha value is -3.35. The van der Waals surface area contributed by atoms with Crippen LogP contribution in [0.1, 0.15) is 46.8 Å². The Kier molecular flexibility index (Phi) is 3.65. The van der Waals surface area contributed by atoms with Gasteiger partial charge in [-0.05, 0) is 49.1 Å². The second kappa shape index (κ2) is 6.09. The molecule has 2 aliphatic heterocycles. The lowest BCUT2D eigenvalue weighted by Crippen LogP contribution is -2.29. The Labute approximate surface area is 161 Å². The average molecular weight is 378 g/mol. The zero-order valence-electron chi connectivity index (χ0n) is 15.2. The summed E-state index contributed by atoms with van der Waals surface area (Å²) in [5.74, 6) is 1.18. The Morgan fingerprint density at radius 1 is 1.18 bits per heavy atom. The predicted molar refractivity (Wildman–Crippen MR) is 102 cm³/mol. The number of anilines is 1. The zero-order chi connectivity index (χ0) is 19.4. The molecule has 142 valence electrons. The molecule has 3 atom stereocenters. The number of nitro groups is 1. The first-order chi connectivity index (χ1) is 13.5. The summed E-state index contributed by atoms with van der Waals surface area (Å²) in [6.45, 7) is 1.62. The molecule has 7 nitrogen and oxygen atoms in total. The minimum absolute atomic E-state index is 0.0230. The molecule has 0 aromatic heterocycles. The van der Waals surface area contributed by atoms with Crippen molar-refractivity contribution in [1.82, 2.24) is 0 Å². The van der Waals surface area contributed by atoms with Crippen LogP contribution in [0.15, 0.2) is 42.5 Å². The molecule has 0 amide bonds. The number of nitrogens with zero attached hydrogens (tertiary/aromatic N) is 1. The van der Waals surface area contributed by atoms with Crippen molar-refractivity contribution in [3.63, 3.8) is 0 Å². The van der Waals surface area contributed by atoms with Gasteiger partial charge in [-0.2, -0.15) is 0 Å². The molecule has 2 aromatic carbocycles. The van der Waals surface area contributed by atoms with Crippen molar-refractivity contribution in [1.29, 1.82) is 0 Å². The summed E-state index contributed by atoms with van der Waals surface area (Å²) in [5, 5.41) is 15.2. The van der Waals surface area contributed by atoms with Gasteiger partial charge in [0.2, 0.25) is 6.79 Å². The van der Waals surface area contributed by atoms with Crippen molar-refractivity contribution < 1.29 is 19.2 Å². The first kappa shape index (κ1) is 16.8. The van der Waals surface area contributed by atoms with Gasteiger partial charge >= 0.3 is 0 Å². The molecule has 1 N–H and O–H groups in total. The number of rotatable bonds is 3. The fourth-order valence-electron chi connectivity index (χ4n) is 4.48. The van der Waals surface area contributed by atoms with Crippen LogP contribution in [0.3, 0.4) is 0 Å². The maximum Gasteiger partial charge on any atom is 0.278 e. The van der Waals surface area contributed by atoms with E-state index in [1.807, 2.05) is 12.1 Å². The normalized spacial score (nSPS) is 23.7. The number of carbonyl (C=O) groups is 1. The molecule has 0 saturated carbocycles. The van der Waals surface area contributed by atoms with E-state index in [2.05, 4.69) is 17.5 Å². The zero-order valence-corrected chi connectivity index (χ0v) is 15.2. The van der Waals surface area contributed by atoms with Crippen LogP contribution in [-0.2, 0) is 0 Å². The van der Waals surface area contributed by atoms with Crippen LogP contribution in [0.5, 0.6) is 11.5 Å². The largest absolute Gasteiger partial charge is 0.454 e. The highest BCUT2D eigenvalue weighted by Crippen LogP contribution is 2.52. The third-order valence-corrected chi connectivity index (χ3v) is 5.82. The van der Waals surface area contributed by atoms with Gasteiger partial charge in [-0.25, -0.2) is 0 Å². The maximum atomic E-state index is 11.8. The van der Waals surface area contributed by atoms with Crippen LogP contribution in [0.4, 0.5) is 11.4 Å². The van der Waals surface area contributed by atoms with Crippen molar-refractivity contribution in [3.05, 3.63) is 69.3 Å². The first-order valence-electron chi connectivity index (χ1n) is 9.19. The third kappa shape index (κ3) is 2.46.